The van der Waals surface area contributed by atoms with Crippen LogP contribution in [0.15, 0.2) is 28.7 Å². The summed E-state index contributed by atoms with van der Waals surface area (Å²) in [4.78, 5) is 0. The molecule has 0 fully saturated rings. The maximum absolute atomic E-state index is 11.0. The van der Waals surface area contributed by atoms with Crippen molar-refractivity contribution in [3.8, 4) is 0 Å². The second-order valence-corrected chi connectivity index (χ2v) is 6.12. The molecule has 16 heavy (non-hydrogen) atoms. The smallest absolute Gasteiger partial charge is 0.0357 e. The Morgan fingerprint density at radius 3 is 2.69 bits per heavy atom. The zero-order valence-corrected chi connectivity index (χ0v) is 12.1. The standard InChI is InChI=1S/C12H18BrNOS/c1-3-12(14-8-9-16(2)15)10-6-4-5-7-11(10)13/h4-7,12,14H,3,8-9H2,1-2H3. The van der Waals surface area contributed by atoms with Gasteiger partial charge in [-0.25, -0.2) is 0 Å². The zero-order valence-electron chi connectivity index (χ0n) is 9.70. The molecule has 0 radical (unpaired) electrons. The Morgan fingerprint density at radius 1 is 1.44 bits per heavy atom. The van der Waals surface area contributed by atoms with Crippen LogP contribution in [0.4, 0.5) is 0 Å². The van der Waals surface area contributed by atoms with Crippen molar-refractivity contribution in [2.24, 2.45) is 0 Å². The minimum atomic E-state index is -0.720. The van der Waals surface area contributed by atoms with Gasteiger partial charge in [0.2, 0.25) is 0 Å². The summed E-state index contributed by atoms with van der Waals surface area (Å²) >= 11 is 3.56. The lowest BCUT2D eigenvalue weighted by Gasteiger charge is -2.18. The summed E-state index contributed by atoms with van der Waals surface area (Å²) in [5.74, 6) is 0.709. The van der Waals surface area contributed by atoms with Crippen LogP contribution in [-0.2, 0) is 10.8 Å². The molecule has 0 heterocycles. The highest BCUT2D eigenvalue weighted by atomic mass is 79.9. The van der Waals surface area contributed by atoms with Crippen LogP contribution in [0.1, 0.15) is 24.9 Å². The molecule has 90 valence electrons. The molecule has 1 aromatic carbocycles. The predicted octanol–water partition coefficient (Wildman–Crippen LogP) is 2.87. The van der Waals surface area contributed by atoms with Crippen LogP contribution >= 0.6 is 15.9 Å². The van der Waals surface area contributed by atoms with Crippen molar-refractivity contribution in [1.82, 2.24) is 5.32 Å². The van der Waals surface area contributed by atoms with E-state index < -0.39 is 10.8 Å². The first-order valence-electron chi connectivity index (χ1n) is 5.43. The van der Waals surface area contributed by atoms with Crippen LogP contribution in [0.25, 0.3) is 0 Å². The fourth-order valence-corrected chi connectivity index (χ4v) is 2.58. The fraction of sp³-hybridized carbons (Fsp3) is 0.500. The predicted molar refractivity (Wildman–Crippen MR) is 74.1 cm³/mol. The van der Waals surface area contributed by atoms with Gasteiger partial charge in [-0.3, -0.25) is 4.21 Å². The third kappa shape index (κ3) is 4.36. The maximum Gasteiger partial charge on any atom is 0.0357 e. The Bertz CT molecular complexity index is 357. The maximum atomic E-state index is 11.0. The summed E-state index contributed by atoms with van der Waals surface area (Å²) in [7, 11) is -0.720. The van der Waals surface area contributed by atoms with Crippen molar-refractivity contribution >= 4 is 26.7 Å². The Labute approximate surface area is 108 Å². The summed E-state index contributed by atoms with van der Waals surface area (Å²) in [6.45, 7) is 2.95. The van der Waals surface area contributed by atoms with E-state index in [1.807, 2.05) is 12.1 Å². The van der Waals surface area contributed by atoms with E-state index in [4.69, 9.17) is 0 Å². The SMILES string of the molecule is CCC(NCCS(C)=O)c1ccccc1Br. The molecule has 0 aliphatic heterocycles. The molecule has 0 aromatic heterocycles. The first-order valence-corrected chi connectivity index (χ1v) is 7.95. The van der Waals surface area contributed by atoms with Gasteiger partial charge < -0.3 is 5.32 Å². The summed E-state index contributed by atoms with van der Waals surface area (Å²) in [6, 6.07) is 8.56. The monoisotopic (exact) mass is 303 g/mol. The van der Waals surface area contributed by atoms with Crippen LogP contribution in [0.2, 0.25) is 0 Å². The van der Waals surface area contributed by atoms with Crippen molar-refractivity contribution in [3.05, 3.63) is 34.3 Å². The van der Waals surface area contributed by atoms with Gasteiger partial charge in [-0.05, 0) is 18.1 Å². The van der Waals surface area contributed by atoms with Crippen LogP contribution in [0.5, 0.6) is 0 Å². The third-order valence-corrected chi connectivity index (χ3v) is 3.97. The average molecular weight is 304 g/mol. The van der Waals surface area contributed by atoms with Gasteiger partial charge in [0.1, 0.15) is 0 Å². The minimum Gasteiger partial charge on any atom is -0.309 e. The number of benzene rings is 1. The van der Waals surface area contributed by atoms with E-state index in [1.165, 1.54) is 5.56 Å². The Kier molecular flexibility index (Phi) is 6.24. The molecule has 0 saturated carbocycles. The van der Waals surface area contributed by atoms with Crippen LogP contribution in [0, 0.1) is 0 Å². The van der Waals surface area contributed by atoms with E-state index >= 15 is 0 Å². The molecular weight excluding hydrogens is 286 g/mol. The highest BCUT2D eigenvalue weighted by Crippen LogP contribution is 2.24. The Morgan fingerprint density at radius 2 is 2.12 bits per heavy atom. The van der Waals surface area contributed by atoms with Crippen molar-refractivity contribution in [2.45, 2.75) is 19.4 Å². The van der Waals surface area contributed by atoms with Crippen molar-refractivity contribution in [2.75, 3.05) is 18.6 Å². The number of nitrogens with one attached hydrogen (secondary N) is 1. The number of rotatable bonds is 6. The van der Waals surface area contributed by atoms with Crippen LogP contribution in [0.3, 0.4) is 0 Å². The highest BCUT2D eigenvalue weighted by molar-refractivity contribution is 9.10. The molecule has 0 amide bonds. The summed E-state index contributed by atoms with van der Waals surface area (Å²) < 4.78 is 12.1. The zero-order chi connectivity index (χ0) is 12.0. The van der Waals surface area contributed by atoms with Gasteiger partial charge in [0.25, 0.3) is 0 Å². The Hall–Kier alpha value is -0.190. The van der Waals surface area contributed by atoms with Crippen molar-refractivity contribution in [3.63, 3.8) is 0 Å². The minimum absolute atomic E-state index is 0.333. The lowest BCUT2D eigenvalue weighted by molar-refractivity contribution is 0.536. The van der Waals surface area contributed by atoms with Crippen LogP contribution < -0.4 is 5.32 Å². The first-order chi connectivity index (χ1) is 7.65. The summed E-state index contributed by atoms with van der Waals surface area (Å²) in [6.07, 6.45) is 2.76. The van der Waals surface area contributed by atoms with E-state index in [2.05, 4.69) is 40.3 Å². The fourth-order valence-electron chi connectivity index (χ4n) is 1.61. The van der Waals surface area contributed by atoms with E-state index in [9.17, 15) is 4.21 Å². The lowest BCUT2D eigenvalue weighted by Crippen LogP contribution is -2.25. The second kappa shape index (κ2) is 7.20. The van der Waals surface area contributed by atoms with Gasteiger partial charge >= 0.3 is 0 Å². The van der Waals surface area contributed by atoms with Gasteiger partial charge in [0, 0.05) is 39.9 Å². The molecule has 2 atom stereocenters. The number of halogens is 1. The molecule has 2 unspecified atom stereocenters. The molecule has 0 saturated heterocycles. The number of hydrogen-bond donors (Lipinski definition) is 1. The average Bonchev–Trinajstić information content (AvgIpc) is 2.25. The van der Waals surface area contributed by atoms with Gasteiger partial charge in [0.15, 0.2) is 0 Å². The normalized spacial score (nSPS) is 14.7. The van der Waals surface area contributed by atoms with Gasteiger partial charge in [-0.15, -0.1) is 0 Å². The van der Waals surface area contributed by atoms with E-state index in [0.717, 1.165) is 17.4 Å². The molecule has 0 aliphatic rings. The summed E-state index contributed by atoms with van der Waals surface area (Å²) in [5.41, 5.74) is 1.27. The molecule has 1 N–H and O–H groups in total. The molecule has 0 bridgehead atoms. The molecule has 4 heteroatoms. The molecule has 0 aliphatic carbocycles. The molecule has 1 rings (SSSR count). The highest BCUT2D eigenvalue weighted by Gasteiger charge is 2.10. The quantitative estimate of drug-likeness (QED) is 0.875. The molecule has 2 nitrogen and oxygen atoms in total. The third-order valence-electron chi connectivity index (χ3n) is 2.47. The second-order valence-electron chi connectivity index (χ2n) is 3.71. The first kappa shape index (κ1) is 13.9. The van der Waals surface area contributed by atoms with Crippen LogP contribution in [-0.4, -0.2) is 22.8 Å². The van der Waals surface area contributed by atoms with Gasteiger partial charge in [-0.1, -0.05) is 41.1 Å². The van der Waals surface area contributed by atoms with Gasteiger partial charge in [-0.2, -0.15) is 0 Å². The van der Waals surface area contributed by atoms with Crippen molar-refractivity contribution in [1.29, 1.82) is 0 Å². The molecular formula is C12H18BrNOS. The largest absolute Gasteiger partial charge is 0.309 e. The molecule has 0 spiro atoms. The Balaban J connectivity index is 2.60. The molecule has 1 aromatic rings. The lowest BCUT2D eigenvalue weighted by atomic mass is 10.0. The topological polar surface area (TPSA) is 29.1 Å². The van der Waals surface area contributed by atoms with Gasteiger partial charge in [0.05, 0.1) is 0 Å². The summed E-state index contributed by atoms with van der Waals surface area (Å²) in [5, 5.41) is 3.43. The van der Waals surface area contributed by atoms with E-state index in [-0.39, 0.29) is 0 Å². The van der Waals surface area contributed by atoms with E-state index in [0.29, 0.717) is 11.8 Å². The van der Waals surface area contributed by atoms with E-state index in [1.54, 1.807) is 6.26 Å². The van der Waals surface area contributed by atoms with Crippen molar-refractivity contribution < 1.29 is 4.21 Å². The number of hydrogen-bond acceptors (Lipinski definition) is 2.